The zero-order chi connectivity index (χ0) is 23.9. The summed E-state index contributed by atoms with van der Waals surface area (Å²) in [5.41, 5.74) is -0.0149. The van der Waals surface area contributed by atoms with Gasteiger partial charge in [0.05, 0.1) is 23.7 Å². The Kier molecular flexibility index (Phi) is 5.12. The molecule has 10 heteroatoms. The summed E-state index contributed by atoms with van der Waals surface area (Å²) >= 11 is 0. The van der Waals surface area contributed by atoms with Crippen LogP contribution in [0.25, 0.3) is 39.4 Å². The predicted octanol–water partition coefficient (Wildman–Crippen LogP) is 5.13. The van der Waals surface area contributed by atoms with Gasteiger partial charge in [-0.3, -0.25) is 4.79 Å². The Bertz CT molecular complexity index is 1540. The normalized spacial score (nSPS) is 11.6. The molecule has 5 aromatic rings. The second-order valence-corrected chi connectivity index (χ2v) is 7.31. The molecule has 0 amide bonds. The van der Waals surface area contributed by atoms with Crippen molar-refractivity contribution < 1.29 is 22.4 Å². The molecule has 0 spiro atoms. The highest BCUT2D eigenvalue weighted by Crippen LogP contribution is 2.31. The number of aromatic nitrogens is 4. The van der Waals surface area contributed by atoms with E-state index in [9.17, 15) is 18.0 Å². The van der Waals surface area contributed by atoms with Gasteiger partial charge in [0.1, 0.15) is 5.75 Å². The van der Waals surface area contributed by atoms with E-state index in [1.165, 1.54) is 23.9 Å². The minimum atomic E-state index is -4.45. The van der Waals surface area contributed by atoms with Crippen molar-refractivity contribution in [3.05, 3.63) is 88.7 Å². The Hall–Kier alpha value is -4.47. The molecule has 0 saturated carbocycles. The Labute approximate surface area is 190 Å². The van der Waals surface area contributed by atoms with Crippen molar-refractivity contribution in [1.29, 1.82) is 0 Å². The molecule has 0 saturated heterocycles. The molecule has 2 heterocycles. The summed E-state index contributed by atoms with van der Waals surface area (Å²) in [6, 6.07) is 18.1. The third kappa shape index (κ3) is 3.79. The molecular formula is C24H15F3N4O3. The Balaban J connectivity index is 1.62. The molecule has 5 rings (SSSR count). The Morgan fingerprint density at radius 3 is 2.24 bits per heavy atom. The summed E-state index contributed by atoms with van der Waals surface area (Å²) in [4.78, 5) is 17.4. The first-order valence-corrected chi connectivity index (χ1v) is 10.0. The minimum absolute atomic E-state index is 0.0216. The highest BCUT2D eigenvalue weighted by Gasteiger charge is 2.30. The lowest BCUT2D eigenvalue weighted by molar-refractivity contribution is -0.137. The lowest BCUT2D eigenvalue weighted by Gasteiger charge is -2.09. The van der Waals surface area contributed by atoms with Crippen LogP contribution in [-0.2, 0) is 6.18 Å². The summed E-state index contributed by atoms with van der Waals surface area (Å²) in [5, 5.41) is 9.25. The molecular weight excluding hydrogens is 449 g/mol. The SMILES string of the molecule is COc1ccc(-n2nc(-c3nc(-c4ccc(C(F)(F)F)cc4)no3)c3ccccc3c2=O)cc1. The van der Waals surface area contributed by atoms with Crippen LogP contribution in [0.2, 0.25) is 0 Å². The number of rotatable bonds is 4. The third-order valence-electron chi connectivity index (χ3n) is 5.22. The van der Waals surface area contributed by atoms with Gasteiger partial charge in [0.15, 0.2) is 5.69 Å². The molecule has 0 atom stereocenters. The van der Waals surface area contributed by atoms with Crippen molar-refractivity contribution in [3.8, 4) is 34.4 Å². The summed E-state index contributed by atoms with van der Waals surface area (Å²) in [6.07, 6.45) is -4.45. The molecule has 7 nitrogen and oxygen atoms in total. The summed E-state index contributed by atoms with van der Waals surface area (Å²) in [6.45, 7) is 0. The number of alkyl halides is 3. The smallest absolute Gasteiger partial charge is 0.416 e. The number of fused-ring (bicyclic) bond motifs is 1. The molecule has 0 unspecified atom stereocenters. The van der Waals surface area contributed by atoms with Gasteiger partial charge in [-0.25, -0.2) is 0 Å². The number of hydrogen-bond donors (Lipinski definition) is 0. The number of methoxy groups -OCH3 is 1. The maximum absolute atomic E-state index is 13.1. The molecule has 0 bridgehead atoms. The van der Waals surface area contributed by atoms with Crippen molar-refractivity contribution in [2.24, 2.45) is 0 Å². The third-order valence-corrected chi connectivity index (χ3v) is 5.22. The number of halogens is 3. The van der Waals surface area contributed by atoms with Gasteiger partial charge < -0.3 is 9.26 Å². The maximum Gasteiger partial charge on any atom is 0.416 e. The van der Waals surface area contributed by atoms with E-state index in [0.29, 0.717) is 27.8 Å². The van der Waals surface area contributed by atoms with E-state index in [1.54, 1.807) is 48.5 Å². The first-order valence-electron chi connectivity index (χ1n) is 10.0. The highest BCUT2D eigenvalue weighted by molar-refractivity contribution is 5.92. The second-order valence-electron chi connectivity index (χ2n) is 7.31. The molecule has 2 aromatic heterocycles. The van der Waals surface area contributed by atoms with Crippen LogP contribution in [0.4, 0.5) is 13.2 Å². The number of hydrogen-bond acceptors (Lipinski definition) is 6. The number of benzene rings is 3. The van der Waals surface area contributed by atoms with E-state index in [2.05, 4.69) is 15.2 Å². The highest BCUT2D eigenvalue weighted by atomic mass is 19.4. The first-order chi connectivity index (χ1) is 16.3. The van der Waals surface area contributed by atoms with Crippen LogP contribution in [0.3, 0.4) is 0 Å². The fourth-order valence-electron chi connectivity index (χ4n) is 3.49. The monoisotopic (exact) mass is 464 g/mol. The van der Waals surface area contributed by atoms with E-state index in [-0.39, 0.29) is 23.0 Å². The molecule has 0 N–H and O–H groups in total. The quantitative estimate of drug-likeness (QED) is 0.367. The van der Waals surface area contributed by atoms with Gasteiger partial charge in [0.2, 0.25) is 5.82 Å². The van der Waals surface area contributed by atoms with Gasteiger partial charge in [0, 0.05) is 10.9 Å². The summed E-state index contributed by atoms with van der Waals surface area (Å²) in [5.74, 6) is 0.737. The van der Waals surface area contributed by atoms with Crippen LogP contribution in [0.1, 0.15) is 5.56 Å². The molecule has 34 heavy (non-hydrogen) atoms. The lowest BCUT2D eigenvalue weighted by atomic mass is 10.1. The van der Waals surface area contributed by atoms with E-state index >= 15 is 0 Å². The maximum atomic E-state index is 13.1. The van der Waals surface area contributed by atoms with E-state index in [1.807, 2.05) is 0 Å². The van der Waals surface area contributed by atoms with Crippen molar-refractivity contribution in [2.75, 3.05) is 7.11 Å². The van der Waals surface area contributed by atoms with Crippen molar-refractivity contribution in [3.63, 3.8) is 0 Å². The zero-order valence-corrected chi connectivity index (χ0v) is 17.6. The van der Waals surface area contributed by atoms with Crippen molar-refractivity contribution >= 4 is 10.8 Å². The fourth-order valence-corrected chi connectivity index (χ4v) is 3.49. The van der Waals surface area contributed by atoms with Gasteiger partial charge in [0.25, 0.3) is 11.4 Å². The number of ether oxygens (including phenoxy) is 1. The molecule has 170 valence electrons. The van der Waals surface area contributed by atoms with Crippen LogP contribution in [0, 0.1) is 0 Å². The summed E-state index contributed by atoms with van der Waals surface area (Å²) < 4.78 is 50.4. The van der Waals surface area contributed by atoms with Gasteiger partial charge in [-0.15, -0.1) is 0 Å². The number of nitrogens with zero attached hydrogens (tertiary/aromatic N) is 4. The topological polar surface area (TPSA) is 83.0 Å². The van der Waals surface area contributed by atoms with E-state index in [4.69, 9.17) is 9.26 Å². The minimum Gasteiger partial charge on any atom is -0.497 e. The predicted molar refractivity (Wildman–Crippen MR) is 118 cm³/mol. The molecule has 0 aliphatic heterocycles. The largest absolute Gasteiger partial charge is 0.497 e. The molecule has 0 aliphatic rings. The fraction of sp³-hybridized carbons (Fsp3) is 0.0833. The molecule has 0 fully saturated rings. The van der Waals surface area contributed by atoms with E-state index < -0.39 is 11.7 Å². The van der Waals surface area contributed by atoms with Gasteiger partial charge >= 0.3 is 6.18 Å². The Morgan fingerprint density at radius 1 is 0.912 bits per heavy atom. The van der Waals surface area contributed by atoms with Crippen molar-refractivity contribution in [1.82, 2.24) is 19.9 Å². The molecule has 0 aliphatic carbocycles. The van der Waals surface area contributed by atoms with Gasteiger partial charge in [-0.2, -0.15) is 27.9 Å². The first kappa shape index (κ1) is 21.4. The van der Waals surface area contributed by atoms with Gasteiger partial charge in [-0.05, 0) is 42.5 Å². The van der Waals surface area contributed by atoms with Crippen LogP contribution in [0.15, 0.2) is 82.1 Å². The van der Waals surface area contributed by atoms with Crippen molar-refractivity contribution in [2.45, 2.75) is 6.18 Å². The Morgan fingerprint density at radius 2 is 1.59 bits per heavy atom. The van der Waals surface area contributed by atoms with Crippen LogP contribution in [-0.4, -0.2) is 27.0 Å². The van der Waals surface area contributed by atoms with Crippen LogP contribution < -0.4 is 10.3 Å². The van der Waals surface area contributed by atoms with E-state index in [0.717, 1.165) is 12.1 Å². The standard InChI is InChI=1S/C24H15F3N4O3/c1-33-17-12-10-16(11-13-17)31-23(32)19-5-3-2-4-18(19)20(29-31)22-28-21(30-34-22)14-6-8-15(9-7-14)24(25,26)27/h2-13H,1H3. The summed E-state index contributed by atoms with van der Waals surface area (Å²) in [7, 11) is 1.54. The second kappa shape index (κ2) is 8.14. The molecule has 0 radical (unpaired) electrons. The van der Waals surface area contributed by atoms with Crippen LogP contribution in [0.5, 0.6) is 5.75 Å². The molecule has 3 aromatic carbocycles. The lowest BCUT2D eigenvalue weighted by Crippen LogP contribution is -2.22. The average molecular weight is 464 g/mol. The van der Waals surface area contributed by atoms with Crippen LogP contribution >= 0.6 is 0 Å². The zero-order valence-electron chi connectivity index (χ0n) is 17.6. The van der Waals surface area contributed by atoms with Gasteiger partial charge in [-0.1, -0.05) is 35.5 Å². The average Bonchev–Trinajstić information content (AvgIpc) is 3.34.